The highest BCUT2D eigenvalue weighted by Gasteiger charge is 2.24. The molecule has 0 aromatic carbocycles. The summed E-state index contributed by atoms with van der Waals surface area (Å²) in [6.45, 7) is 5.91. The number of carbonyl (C=O) groups excluding carboxylic acids is 1. The maximum atomic E-state index is 12.6. The van der Waals surface area contributed by atoms with Gasteiger partial charge in [-0.2, -0.15) is 0 Å². The van der Waals surface area contributed by atoms with Gasteiger partial charge in [-0.05, 0) is 45.0 Å². The first kappa shape index (κ1) is 18.9. The van der Waals surface area contributed by atoms with Crippen LogP contribution in [0.15, 0.2) is 42.6 Å². The second-order valence-electron chi connectivity index (χ2n) is 6.66. The average Bonchev–Trinajstić information content (AvgIpc) is 2.55. The average molecular weight is 343 g/mol. The summed E-state index contributed by atoms with van der Waals surface area (Å²) >= 11 is 0. The molecule has 2 aromatic rings. The molecule has 0 atom stereocenters. The van der Waals surface area contributed by atoms with Crippen LogP contribution in [-0.4, -0.2) is 39.9 Å². The van der Waals surface area contributed by atoms with Gasteiger partial charge in [-0.1, -0.05) is 12.1 Å². The fourth-order valence-electron chi connectivity index (χ4n) is 2.26. The second kappa shape index (κ2) is 8.58. The van der Waals surface area contributed by atoms with Crippen molar-refractivity contribution >= 4 is 11.9 Å². The number of aliphatic hydroxyl groups excluding tert-OH is 1. The van der Waals surface area contributed by atoms with E-state index in [0.29, 0.717) is 25.2 Å². The van der Waals surface area contributed by atoms with E-state index < -0.39 is 11.7 Å². The van der Waals surface area contributed by atoms with Crippen molar-refractivity contribution in [2.24, 2.45) is 0 Å². The van der Waals surface area contributed by atoms with Crippen LogP contribution in [0.1, 0.15) is 32.2 Å². The maximum Gasteiger partial charge on any atom is 0.416 e. The molecule has 0 radical (unpaired) electrons. The predicted octanol–water partition coefficient (Wildman–Crippen LogP) is 3.00. The number of carbonyl (C=O) groups is 1. The molecule has 1 N–H and O–H groups in total. The SMILES string of the molecule is CC(C)(C)OC(=O)N(CCc1ccccn1)c1cccc(CCO)n1. The normalized spacial score (nSPS) is 11.2. The van der Waals surface area contributed by atoms with Crippen molar-refractivity contribution in [1.29, 1.82) is 0 Å². The van der Waals surface area contributed by atoms with Gasteiger partial charge in [-0.15, -0.1) is 0 Å². The minimum Gasteiger partial charge on any atom is -0.443 e. The Balaban J connectivity index is 2.21. The van der Waals surface area contributed by atoms with Crippen molar-refractivity contribution in [3.8, 4) is 0 Å². The number of aliphatic hydroxyl groups is 1. The zero-order valence-electron chi connectivity index (χ0n) is 15.0. The van der Waals surface area contributed by atoms with Gasteiger partial charge in [-0.25, -0.2) is 9.78 Å². The summed E-state index contributed by atoms with van der Waals surface area (Å²) in [4.78, 5) is 22.9. The summed E-state index contributed by atoms with van der Waals surface area (Å²) in [5, 5.41) is 9.11. The van der Waals surface area contributed by atoms with E-state index in [-0.39, 0.29) is 6.61 Å². The van der Waals surface area contributed by atoms with E-state index >= 15 is 0 Å². The van der Waals surface area contributed by atoms with Crippen LogP contribution in [0.4, 0.5) is 10.6 Å². The van der Waals surface area contributed by atoms with E-state index in [4.69, 9.17) is 9.84 Å². The van der Waals surface area contributed by atoms with Crippen LogP contribution in [0, 0.1) is 0 Å². The number of hydrogen-bond acceptors (Lipinski definition) is 5. The highest BCUT2D eigenvalue weighted by Crippen LogP contribution is 2.17. The van der Waals surface area contributed by atoms with Crippen LogP contribution in [0.2, 0.25) is 0 Å². The Kier molecular flexibility index (Phi) is 6.47. The maximum absolute atomic E-state index is 12.6. The minimum atomic E-state index is -0.594. The molecule has 0 unspecified atom stereocenters. The molecule has 0 spiro atoms. The van der Waals surface area contributed by atoms with Gasteiger partial charge in [0.25, 0.3) is 0 Å². The van der Waals surface area contributed by atoms with Gasteiger partial charge < -0.3 is 9.84 Å². The molecular formula is C19H25N3O3. The highest BCUT2D eigenvalue weighted by molar-refractivity contribution is 5.86. The zero-order chi connectivity index (χ0) is 18.3. The van der Waals surface area contributed by atoms with Crippen LogP contribution < -0.4 is 4.90 Å². The molecular weight excluding hydrogens is 318 g/mol. The largest absolute Gasteiger partial charge is 0.443 e. The number of ether oxygens (including phenoxy) is 1. The van der Waals surface area contributed by atoms with Crippen molar-refractivity contribution in [2.45, 2.75) is 39.2 Å². The smallest absolute Gasteiger partial charge is 0.416 e. The molecule has 0 aliphatic heterocycles. The lowest BCUT2D eigenvalue weighted by Gasteiger charge is -2.27. The van der Waals surface area contributed by atoms with Crippen LogP contribution in [0.25, 0.3) is 0 Å². The fraction of sp³-hybridized carbons (Fsp3) is 0.421. The van der Waals surface area contributed by atoms with E-state index in [1.165, 1.54) is 4.90 Å². The van der Waals surface area contributed by atoms with Gasteiger partial charge in [-0.3, -0.25) is 9.88 Å². The van der Waals surface area contributed by atoms with Gasteiger partial charge in [0.05, 0.1) is 0 Å². The van der Waals surface area contributed by atoms with Crippen molar-refractivity contribution in [2.75, 3.05) is 18.1 Å². The van der Waals surface area contributed by atoms with Crippen molar-refractivity contribution < 1.29 is 14.6 Å². The number of pyridine rings is 2. The summed E-state index contributed by atoms with van der Waals surface area (Å²) in [5.74, 6) is 0.510. The molecule has 6 nitrogen and oxygen atoms in total. The molecule has 6 heteroatoms. The first-order valence-electron chi connectivity index (χ1n) is 8.36. The lowest BCUT2D eigenvalue weighted by molar-refractivity contribution is 0.0579. The Labute approximate surface area is 148 Å². The number of anilines is 1. The van der Waals surface area contributed by atoms with E-state index in [9.17, 15) is 4.79 Å². The topological polar surface area (TPSA) is 75.5 Å². The highest BCUT2D eigenvalue weighted by atomic mass is 16.6. The Bertz CT molecular complexity index is 684. The lowest BCUT2D eigenvalue weighted by Crippen LogP contribution is -2.38. The molecule has 2 heterocycles. The second-order valence-corrected chi connectivity index (χ2v) is 6.66. The number of rotatable bonds is 6. The van der Waals surface area contributed by atoms with Gasteiger partial charge >= 0.3 is 6.09 Å². The summed E-state index contributed by atoms with van der Waals surface area (Å²) < 4.78 is 5.52. The Morgan fingerprint density at radius 1 is 1.12 bits per heavy atom. The molecule has 2 rings (SSSR count). The molecule has 0 saturated heterocycles. The standard InChI is InChI=1S/C19H25N3O3/c1-19(2,3)25-18(24)22(13-10-15-7-4-5-12-20-15)17-9-6-8-16(21-17)11-14-23/h4-9,12,23H,10-11,13-14H2,1-3H3. The van der Waals surface area contributed by atoms with Gasteiger partial charge in [0.1, 0.15) is 11.4 Å². The van der Waals surface area contributed by atoms with E-state index in [2.05, 4.69) is 9.97 Å². The summed E-state index contributed by atoms with van der Waals surface area (Å²) in [7, 11) is 0. The molecule has 2 aromatic heterocycles. The van der Waals surface area contributed by atoms with Crippen molar-refractivity contribution in [3.05, 3.63) is 54.0 Å². The third kappa shape index (κ3) is 6.15. The molecule has 1 amide bonds. The molecule has 0 fully saturated rings. The fourth-order valence-corrected chi connectivity index (χ4v) is 2.26. The molecule has 0 aliphatic rings. The van der Waals surface area contributed by atoms with E-state index in [1.807, 2.05) is 51.1 Å². The quantitative estimate of drug-likeness (QED) is 0.872. The monoisotopic (exact) mass is 343 g/mol. The Hall–Kier alpha value is -2.47. The number of amides is 1. The van der Waals surface area contributed by atoms with Crippen molar-refractivity contribution in [1.82, 2.24) is 9.97 Å². The molecule has 25 heavy (non-hydrogen) atoms. The van der Waals surface area contributed by atoms with Crippen LogP contribution in [-0.2, 0) is 17.6 Å². The lowest BCUT2D eigenvalue weighted by atomic mass is 10.2. The van der Waals surface area contributed by atoms with Crippen molar-refractivity contribution in [3.63, 3.8) is 0 Å². The van der Waals surface area contributed by atoms with Crippen LogP contribution in [0.5, 0.6) is 0 Å². The van der Waals surface area contributed by atoms with Crippen LogP contribution in [0.3, 0.4) is 0 Å². The Morgan fingerprint density at radius 3 is 2.52 bits per heavy atom. The van der Waals surface area contributed by atoms with Gasteiger partial charge in [0.2, 0.25) is 0 Å². The zero-order valence-corrected chi connectivity index (χ0v) is 15.0. The summed E-state index contributed by atoms with van der Waals surface area (Å²) in [6, 6.07) is 11.1. The van der Waals surface area contributed by atoms with Crippen LogP contribution >= 0.6 is 0 Å². The minimum absolute atomic E-state index is 0.0107. The number of nitrogens with zero attached hydrogens (tertiary/aromatic N) is 3. The first-order chi connectivity index (χ1) is 11.9. The predicted molar refractivity (Wildman–Crippen MR) is 96.5 cm³/mol. The first-order valence-corrected chi connectivity index (χ1v) is 8.36. The molecule has 0 aliphatic carbocycles. The number of hydrogen-bond donors (Lipinski definition) is 1. The van der Waals surface area contributed by atoms with Gasteiger partial charge in [0, 0.05) is 43.6 Å². The summed E-state index contributed by atoms with van der Waals surface area (Å²) in [6.07, 6.45) is 2.31. The third-order valence-electron chi connectivity index (χ3n) is 3.37. The molecule has 134 valence electrons. The Morgan fingerprint density at radius 2 is 1.88 bits per heavy atom. The molecule has 0 saturated carbocycles. The third-order valence-corrected chi connectivity index (χ3v) is 3.37. The van der Waals surface area contributed by atoms with Gasteiger partial charge in [0.15, 0.2) is 0 Å². The number of aromatic nitrogens is 2. The molecule has 0 bridgehead atoms. The summed E-state index contributed by atoms with van der Waals surface area (Å²) in [5.41, 5.74) is 1.03. The van der Waals surface area contributed by atoms with E-state index in [0.717, 1.165) is 11.4 Å². The van der Waals surface area contributed by atoms with E-state index in [1.54, 1.807) is 12.3 Å².